The van der Waals surface area contributed by atoms with Crippen LogP contribution in [0.4, 0.5) is 6.01 Å². The van der Waals surface area contributed by atoms with Crippen molar-refractivity contribution in [2.75, 3.05) is 12.8 Å². The lowest BCUT2D eigenvalue weighted by atomic mass is 10.3. The molecule has 0 aliphatic heterocycles. The molecular weight excluding hydrogens is 208 g/mol. The Morgan fingerprint density at radius 2 is 1.94 bits per heavy atom. The first-order valence-electron chi connectivity index (χ1n) is 4.75. The van der Waals surface area contributed by atoms with Crippen LogP contribution in [-0.4, -0.2) is 12.1 Å². The van der Waals surface area contributed by atoms with Crippen molar-refractivity contribution in [2.24, 2.45) is 0 Å². The summed E-state index contributed by atoms with van der Waals surface area (Å²) in [5.74, 6) is 2.11. The van der Waals surface area contributed by atoms with Gasteiger partial charge in [-0.3, -0.25) is 0 Å². The average molecular weight is 220 g/mol. The van der Waals surface area contributed by atoms with E-state index < -0.39 is 0 Å². The molecule has 0 saturated heterocycles. The number of hydrogen-bond donors (Lipinski definition) is 1. The molecule has 0 spiro atoms. The third kappa shape index (κ3) is 2.44. The van der Waals surface area contributed by atoms with Gasteiger partial charge < -0.3 is 19.6 Å². The maximum absolute atomic E-state index is 5.46. The van der Waals surface area contributed by atoms with Crippen LogP contribution in [0.25, 0.3) is 0 Å². The zero-order valence-electron chi connectivity index (χ0n) is 8.84. The number of ether oxygens (including phenoxy) is 2. The van der Waals surface area contributed by atoms with E-state index in [1.807, 2.05) is 24.3 Å². The van der Waals surface area contributed by atoms with Crippen LogP contribution in [-0.2, 0) is 6.61 Å². The number of rotatable bonds is 4. The first-order chi connectivity index (χ1) is 7.78. The van der Waals surface area contributed by atoms with E-state index in [-0.39, 0.29) is 6.01 Å². The van der Waals surface area contributed by atoms with E-state index in [4.69, 9.17) is 19.6 Å². The molecular formula is C11H12N2O3. The summed E-state index contributed by atoms with van der Waals surface area (Å²) < 4.78 is 15.6. The Bertz CT molecular complexity index is 451. The van der Waals surface area contributed by atoms with Crippen molar-refractivity contribution in [3.8, 4) is 11.5 Å². The first-order valence-corrected chi connectivity index (χ1v) is 4.75. The molecule has 0 unspecified atom stereocenters. The van der Waals surface area contributed by atoms with Gasteiger partial charge in [-0.25, -0.2) is 4.98 Å². The summed E-state index contributed by atoms with van der Waals surface area (Å²) in [6.45, 7) is 0.302. The summed E-state index contributed by atoms with van der Waals surface area (Å²) in [4.78, 5) is 3.77. The highest BCUT2D eigenvalue weighted by molar-refractivity contribution is 5.31. The highest BCUT2D eigenvalue weighted by Crippen LogP contribution is 2.18. The molecule has 5 heteroatoms. The summed E-state index contributed by atoms with van der Waals surface area (Å²) in [7, 11) is 1.62. The van der Waals surface area contributed by atoms with Crippen molar-refractivity contribution >= 4 is 6.01 Å². The lowest BCUT2D eigenvalue weighted by molar-refractivity contribution is 0.272. The van der Waals surface area contributed by atoms with Crippen molar-refractivity contribution in [3.05, 3.63) is 36.2 Å². The number of nitrogens with zero attached hydrogens (tertiary/aromatic N) is 1. The Hall–Kier alpha value is -2.17. The molecule has 84 valence electrons. The van der Waals surface area contributed by atoms with Gasteiger partial charge in [-0.15, -0.1) is 0 Å². The van der Waals surface area contributed by atoms with E-state index >= 15 is 0 Å². The Kier molecular flexibility index (Phi) is 2.95. The van der Waals surface area contributed by atoms with Gasteiger partial charge in [-0.05, 0) is 24.3 Å². The van der Waals surface area contributed by atoms with Crippen LogP contribution in [0.2, 0.25) is 0 Å². The molecule has 0 aliphatic carbocycles. The second-order valence-electron chi connectivity index (χ2n) is 3.13. The van der Waals surface area contributed by atoms with Crippen LogP contribution >= 0.6 is 0 Å². The predicted octanol–water partition coefficient (Wildman–Crippen LogP) is 1.84. The standard InChI is InChI=1S/C11H12N2O3/c1-14-8-2-4-9(5-3-8)15-7-10-6-13-11(12)16-10/h2-6H,7H2,1H3,(H2,12,13). The van der Waals surface area contributed by atoms with Gasteiger partial charge in [0.2, 0.25) is 0 Å². The minimum Gasteiger partial charge on any atom is -0.497 e. The van der Waals surface area contributed by atoms with Gasteiger partial charge in [0.25, 0.3) is 6.01 Å². The smallest absolute Gasteiger partial charge is 0.292 e. The van der Waals surface area contributed by atoms with Gasteiger partial charge in [0.05, 0.1) is 13.3 Å². The first kappa shape index (κ1) is 10.4. The molecule has 1 aromatic carbocycles. The molecule has 0 atom stereocenters. The fourth-order valence-corrected chi connectivity index (χ4v) is 1.22. The zero-order valence-corrected chi connectivity index (χ0v) is 8.84. The van der Waals surface area contributed by atoms with E-state index in [0.29, 0.717) is 12.4 Å². The SMILES string of the molecule is COc1ccc(OCc2cnc(N)o2)cc1. The van der Waals surface area contributed by atoms with Crippen LogP contribution in [0.5, 0.6) is 11.5 Å². The van der Waals surface area contributed by atoms with Crippen LogP contribution in [0.15, 0.2) is 34.9 Å². The molecule has 1 aromatic heterocycles. The van der Waals surface area contributed by atoms with Crippen LogP contribution in [0, 0.1) is 0 Å². The fourth-order valence-electron chi connectivity index (χ4n) is 1.22. The second-order valence-corrected chi connectivity index (χ2v) is 3.13. The van der Waals surface area contributed by atoms with E-state index in [2.05, 4.69) is 4.98 Å². The van der Waals surface area contributed by atoms with Crippen molar-refractivity contribution in [2.45, 2.75) is 6.61 Å². The molecule has 2 rings (SSSR count). The molecule has 2 N–H and O–H groups in total. The summed E-state index contributed by atoms with van der Waals surface area (Å²) in [6, 6.07) is 7.43. The van der Waals surface area contributed by atoms with Crippen molar-refractivity contribution < 1.29 is 13.9 Å². The van der Waals surface area contributed by atoms with E-state index in [1.165, 1.54) is 0 Å². The van der Waals surface area contributed by atoms with Crippen molar-refractivity contribution in [3.63, 3.8) is 0 Å². The minimum absolute atomic E-state index is 0.147. The summed E-state index contributed by atoms with van der Waals surface area (Å²) in [6.07, 6.45) is 1.54. The largest absolute Gasteiger partial charge is 0.497 e. The third-order valence-corrected chi connectivity index (χ3v) is 2.01. The van der Waals surface area contributed by atoms with Gasteiger partial charge in [-0.2, -0.15) is 0 Å². The van der Waals surface area contributed by atoms with E-state index in [9.17, 15) is 0 Å². The topological polar surface area (TPSA) is 70.5 Å². The van der Waals surface area contributed by atoms with Gasteiger partial charge in [0.15, 0.2) is 5.76 Å². The summed E-state index contributed by atoms with van der Waals surface area (Å²) in [5, 5.41) is 0. The van der Waals surface area contributed by atoms with E-state index in [1.54, 1.807) is 13.3 Å². The van der Waals surface area contributed by atoms with Crippen molar-refractivity contribution in [1.82, 2.24) is 4.98 Å². The quantitative estimate of drug-likeness (QED) is 0.851. The Morgan fingerprint density at radius 3 is 2.50 bits per heavy atom. The predicted molar refractivity (Wildman–Crippen MR) is 58.2 cm³/mol. The van der Waals surface area contributed by atoms with Crippen LogP contribution in [0.3, 0.4) is 0 Å². The minimum atomic E-state index is 0.147. The molecule has 0 fully saturated rings. The van der Waals surface area contributed by atoms with Crippen LogP contribution in [0.1, 0.15) is 5.76 Å². The molecule has 16 heavy (non-hydrogen) atoms. The summed E-state index contributed by atoms with van der Waals surface area (Å²) >= 11 is 0. The van der Waals surface area contributed by atoms with Gasteiger partial charge in [0, 0.05) is 0 Å². The van der Waals surface area contributed by atoms with Gasteiger partial charge in [-0.1, -0.05) is 0 Å². The normalized spacial score (nSPS) is 10.1. The number of oxazole rings is 1. The Balaban J connectivity index is 1.94. The Morgan fingerprint density at radius 1 is 1.25 bits per heavy atom. The number of nitrogens with two attached hydrogens (primary N) is 1. The maximum atomic E-state index is 5.46. The summed E-state index contributed by atoms with van der Waals surface area (Å²) in [5.41, 5.74) is 5.34. The molecule has 5 nitrogen and oxygen atoms in total. The number of anilines is 1. The molecule has 0 amide bonds. The van der Waals surface area contributed by atoms with Crippen LogP contribution < -0.4 is 15.2 Å². The number of nitrogen functional groups attached to an aromatic ring is 1. The lowest BCUT2D eigenvalue weighted by Gasteiger charge is -2.04. The molecule has 0 aliphatic rings. The third-order valence-electron chi connectivity index (χ3n) is 2.01. The second kappa shape index (κ2) is 4.57. The highest BCUT2D eigenvalue weighted by atomic mass is 16.5. The fraction of sp³-hybridized carbons (Fsp3) is 0.182. The molecule has 2 aromatic rings. The number of benzene rings is 1. The lowest BCUT2D eigenvalue weighted by Crippen LogP contribution is -1.93. The van der Waals surface area contributed by atoms with E-state index in [0.717, 1.165) is 11.5 Å². The molecule has 1 heterocycles. The molecule has 0 radical (unpaired) electrons. The highest BCUT2D eigenvalue weighted by Gasteiger charge is 2.01. The number of hydrogen-bond acceptors (Lipinski definition) is 5. The molecule has 0 bridgehead atoms. The van der Waals surface area contributed by atoms with Gasteiger partial charge >= 0.3 is 0 Å². The monoisotopic (exact) mass is 220 g/mol. The zero-order chi connectivity index (χ0) is 11.4. The number of methoxy groups -OCH3 is 1. The molecule has 0 saturated carbocycles. The maximum Gasteiger partial charge on any atom is 0.292 e. The number of aromatic nitrogens is 1. The average Bonchev–Trinajstić information content (AvgIpc) is 2.73. The van der Waals surface area contributed by atoms with Gasteiger partial charge in [0.1, 0.15) is 18.1 Å². The van der Waals surface area contributed by atoms with Crippen molar-refractivity contribution in [1.29, 1.82) is 0 Å². The Labute approximate surface area is 92.8 Å².